The fourth-order valence-corrected chi connectivity index (χ4v) is 3.64. The van der Waals surface area contributed by atoms with Crippen LogP contribution in [-0.2, 0) is 23.7 Å². The summed E-state index contributed by atoms with van der Waals surface area (Å²) >= 11 is 0. The summed E-state index contributed by atoms with van der Waals surface area (Å²) in [6.07, 6.45) is -20.0. The summed E-state index contributed by atoms with van der Waals surface area (Å²) in [6.45, 7) is 2.51. The third-order valence-electron chi connectivity index (χ3n) is 5.62. The third kappa shape index (κ3) is 4.63. The van der Waals surface area contributed by atoms with Crippen LogP contribution < -0.4 is 0 Å². The van der Waals surface area contributed by atoms with E-state index in [1.807, 2.05) is 0 Å². The van der Waals surface area contributed by atoms with E-state index in [1.54, 1.807) is 0 Å². The molecule has 0 saturated carbocycles. The minimum atomic E-state index is -1.69. The quantitative estimate of drug-likeness (QED) is 0.206. The number of aliphatic hydroxyl groups is 8. The zero-order chi connectivity index (χ0) is 22.3. The predicted octanol–water partition coefficient (Wildman–Crippen LogP) is -4.88. The van der Waals surface area contributed by atoms with Crippen molar-refractivity contribution in [3.05, 3.63) is 0 Å². The maximum Gasteiger partial charge on any atom is 0.187 e. The highest BCUT2D eigenvalue weighted by Crippen LogP contribution is 2.30. The van der Waals surface area contributed by atoms with E-state index in [1.165, 1.54) is 13.8 Å². The molecular weight excluding hydrogens is 412 g/mol. The second kappa shape index (κ2) is 9.54. The molecule has 0 unspecified atom stereocenters. The van der Waals surface area contributed by atoms with Gasteiger partial charge in [-0.15, -0.1) is 0 Å². The van der Waals surface area contributed by atoms with E-state index in [0.717, 1.165) is 0 Å². The summed E-state index contributed by atoms with van der Waals surface area (Å²) in [5, 5.41) is 80.4. The van der Waals surface area contributed by atoms with E-state index < -0.39 is 86.0 Å². The highest BCUT2D eigenvalue weighted by molar-refractivity contribution is 4.93. The smallest absolute Gasteiger partial charge is 0.187 e. The van der Waals surface area contributed by atoms with Gasteiger partial charge in [0.25, 0.3) is 0 Å². The second-order valence-corrected chi connectivity index (χ2v) is 7.86. The number of hydrogen-bond acceptors (Lipinski definition) is 13. The van der Waals surface area contributed by atoms with Crippen LogP contribution in [0.2, 0.25) is 0 Å². The highest BCUT2D eigenvalue weighted by Gasteiger charge is 2.51. The number of ether oxygens (including phenoxy) is 5. The number of aliphatic hydroxyl groups excluding tert-OH is 8. The summed E-state index contributed by atoms with van der Waals surface area (Å²) in [5.74, 6) is 0. The van der Waals surface area contributed by atoms with Crippen LogP contribution in [0.1, 0.15) is 13.8 Å². The molecule has 0 amide bonds. The van der Waals surface area contributed by atoms with E-state index in [-0.39, 0.29) is 6.61 Å². The van der Waals surface area contributed by atoms with Crippen LogP contribution in [-0.4, -0.2) is 133 Å². The van der Waals surface area contributed by atoms with Crippen molar-refractivity contribution in [1.29, 1.82) is 0 Å². The van der Waals surface area contributed by atoms with Crippen LogP contribution in [0, 0.1) is 0 Å². The molecule has 8 N–H and O–H groups in total. The first-order valence-electron chi connectivity index (χ1n) is 9.71. The highest BCUT2D eigenvalue weighted by atomic mass is 16.8. The molecule has 3 aliphatic rings. The van der Waals surface area contributed by atoms with Gasteiger partial charge >= 0.3 is 0 Å². The van der Waals surface area contributed by atoms with E-state index in [9.17, 15) is 40.9 Å². The molecule has 0 bridgehead atoms. The monoisotopic (exact) mass is 442 g/mol. The molecule has 13 nitrogen and oxygen atoms in total. The van der Waals surface area contributed by atoms with Crippen LogP contribution in [0.15, 0.2) is 0 Å². The molecular formula is C17H30O13. The summed E-state index contributed by atoms with van der Waals surface area (Å²) in [4.78, 5) is 0. The van der Waals surface area contributed by atoms with Gasteiger partial charge in [0, 0.05) is 0 Å². The van der Waals surface area contributed by atoms with Crippen molar-refractivity contribution < 1.29 is 64.5 Å². The van der Waals surface area contributed by atoms with Crippen molar-refractivity contribution >= 4 is 0 Å². The topological polar surface area (TPSA) is 208 Å². The lowest BCUT2D eigenvalue weighted by Gasteiger charge is -2.46. The fraction of sp³-hybridized carbons (Fsp3) is 1.00. The molecule has 3 saturated heterocycles. The molecule has 0 aromatic carbocycles. The summed E-state index contributed by atoms with van der Waals surface area (Å²) in [6, 6.07) is 0. The molecule has 14 atom stereocenters. The van der Waals surface area contributed by atoms with Gasteiger partial charge in [0.15, 0.2) is 18.9 Å². The molecule has 30 heavy (non-hydrogen) atoms. The first-order valence-corrected chi connectivity index (χ1v) is 9.71. The zero-order valence-electron chi connectivity index (χ0n) is 16.4. The van der Waals surface area contributed by atoms with Gasteiger partial charge in [-0.3, -0.25) is 0 Å². The lowest BCUT2D eigenvalue weighted by molar-refractivity contribution is -0.374. The maximum atomic E-state index is 10.4. The van der Waals surface area contributed by atoms with Crippen molar-refractivity contribution in [3.8, 4) is 0 Å². The summed E-state index contributed by atoms with van der Waals surface area (Å²) < 4.78 is 26.8. The standard InChI is InChI=1S/C17H30O13/c1-4-7(19)10(22)11(23)16(28-4)30-14-9(21)6(18)3-26-17(14)29-13-8(20)5(2)27-15(25)12(13)24/h4-25H,3H2,1-2H3/t4-,5-,6-,7-,8-,9+,10+,11-,12-,13+,14-,15-,16+,17+/m1/s1. The molecule has 3 aliphatic heterocycles. The number of rotatable bonds is 4. The first-order chi connectivity index (χ1) is 14.0. The largest absolute Gasteiger partial charge is 0.388 e. The second-order valence-electron chi connectivity index (χ2n) is 7.86. The van der Waals surface area contributed by atoms with Crippen molar-refractivity contribution in [2.45, 2.75) is 99.9 Å². The van der Waals surface area contributed by atoms with Gasteiger partial charge in [0.05, 0.1) is 18.8 Å². The SMILES string of the molecule is C[C@H]1O[C@@H](O[C@H]2[C@H](O[C@@H]3[C@@H](O)[C@H](O)O[C@H](C)[C@H]3O)OC[C@@H](O)[C@@H]2O)[C@H](O)[C@@H](O)[C@@H]1O. The molecule has 3 heterocycles. The van der Waals surface area contributed by atoms with E-state index >= 15 is 0 Å². The Labute approximate surface area is 171 Å². The third-order valence-corrected chi connectivity index (χ3v) is 5.62. The Hall–Kier alpha value is -0.520. The average Bonchev–Trinajstić information content (AvgIpc) is 2.70. The summed E-state index contributed by atoms with van der Waals surface area (Å²) in [5.41, 5.74) is 0. The Bertz CT molecular complexity index is 552. The Morgan fingerprint density at radius 3 is 1.87 bits per heavy atom. The molecule has 0 aromatic rings. The summed E-state index contributed by atoms with van der Waals surface area (Å²) in [7, 11) is 0. The lowest BCUT2D eigenvalue weighted by Crippen LogP contribution is -2.64. The Kier molecular flexibility index (Phi) is 7.67. The lowest BCUT2D eigenvalue weighted by atomic mass is 9.98. The van der Waals surface area contributed by atoms with Crippen LogP contribution >= 0.6 is 0 Å². The molecule has 0 aromatic heterocycles. The van der Waals surface area contributed by atoms with Crippen LogP contribution in [0.5, 0.6) is 0 Å². The van der Waals surface area contributed by atoms with Crippen molar-refractivity contribution in [2.24, 2.45) is 0 Å². The number of hydrogen-bond donors (Lipinski definition) is 8. The molecule has 0 spiro atoms. The molecule has 13 heteroatoms. The molecule has 3 rings (SSSR count). The average molecular weight is 442 g/mol. The van der Waals surface area contributed by atoms with Gasteiger partial charge in [0.1, 0.15) is 54.9 Å². The van der Waals surface area contributed by atoms with E-state index in [2.05, 4.69) is 0 Å². The van der Waals surface area contributed by atoms with Crippen molar-refractivity contribution in [3.63, 3.8) is 0 Å². The van der Waals surface area contributed by atoms with Gasteiger partial charge in [-0.25, -0.2) is 0 Å². The normalized spacial score (nSPS) is 55.4. The van der Waals surface area contributed by atoms with Gasteiger partial charge in [-0.2, -0.15) is 0 Å². The van der Waals surface area contributed by atoms with Crippen LogP contribution in [0.3, 0.4) is 0 Å². The van der Waals surface area contributed by atoms with Crippen molar-refractivity contribution in [1.82, 2.24) is 0 Å². The van der Waals surface area contributed by atoms with E-state index in [4.69, 9.17) is 23.7 Å². The molecule has 3 fully saturated rings. The first kappa shape index (κ1) is 24.1. The van der Waals surface area contributed by atoms with E-state index in [0.29, 0.717) is 0 Å². The predicted molar refractivity (Wildman–Crippen MR) is 92.4 cm³/mol. The Morgan fingerprint density at radius 1 is 0.600 bits per heavy atom. The minimum absolute atomic E-state index is 0.370. The molecule has 176 valence electrons. The van der Waals surface area contributed by atoms with Gasteiger partial charge in [-0.05, 0) is 13.8 Å². The van der Waals surface area contributed by atoms with Gasteiger partial charge in [-0.1, -0.05) is 0 Å². The van der Waals surface area contributed by atoms with Crippen LogP contribution in [0.4, 0.5) is 0 Å². The van der Waals surface area contributed by atoms with Gasteiger partial charge in [0.2, 0.25) is 0 Å². The minimum Gasteiger partial charge on any atom is -0.388 e. The molecule has 0 radical (unpaired) electrons. The molecule has 0 aliphatic carbocycles. The maximum absolute atomic E-state index is 10.4. The Balaban J connectivity index is 1.76. The zero-order valence-corrected chi connectivity index (χ0v) is 16.4. The van der Waals surface area contributed by atoms with Crippen LogP contribution in [0.25, 0.3) is 0 Å². The fourth-order valence-electron chi connectivity index (χ4n) is 3.64. The van der Waals surface area contributed by atoms with Crippen molar-refractivity contribution in [2.75, 3.05) is 6.61 Å². The van der Waals surface area contributed by atoms with Gasteiger partial charge < -0.3 is 64.5 Å². The Morgan fingerprint density at radius 2 is 1.20 bits per heavy atom.